The zero-order valence-electron chi connectivity index (χ0n) is 14.5. The highest BCUT2D eigenvalue weighted by Gasteiger charge is 2.38. The number of carbonyl (C=O) groups is 1. The Balaban J connectivity index is 1.94. The van der Waals surface area contributed by atoms with Gasteiger partial charge in [0.25, 0.3) is 5.56 Å². The lowest BCUT2D eigenvalue weighted by Crippen LogP contribution is -2.33. The summed E-state index contributed by atoms with van der Waals surface area (Å²) < 4.78 is 14.6. The molecule has 1 aliphatic heterocycles. The fourth-order valence-electron chi connectivity index (χ4n) is 3.67. The molecular weight excluding hydrogens is 365 g/mol. The van der Waals surface area contributed by atoms with Crippen LogP contribution in [0.2, 0.25) is 0 Å². The summed E-state index contributed by atoms with van der Waals surface area (Å²) in [7, 11) is 0. The van der Waals surface area contributed by atoms with Gasteiger partial charge in [-0.3, -0.25) is 9.59 Å². The molecule has 0 radical (unpaired) electrons. The van der Waals surface area contributed by atoms with Gasteiger partial charge in [0.1, 0.15) is 11.6 Å². The van der Waals surface area contributed by atoms with Gasteiger partial charge >= 0.3 is 0 Å². The molecule has 4 rings (SSSR count). The Morgan fingerprint density at radius 3 is 2.89 bits per heavy atom. The van der Waals surface area contributed by atoms with Crippen molar-refractivity contribution in [3.63, 3.8) is 0 Å². The van der Waals surface area contributed by atoms with Crippen molar-refractivity contribution < 1.29 is 9.18 Å². The van der Waals surface area contributed by atoms with Gasteiger partial charge in [-0.25, -0.2) is 9.37 Å². The first kappa shape index (κ1) is 17.7. The molecule has 0 saturated heterocycles. The molecular formula is C20H18FN3O2S. The van der Waals surface area contributed by atoms with E-state index in [9.17, 15) is 14.0 Å². The minimum atomic E-state index is -0.750. The van der Waals surface area contributed by atoms with Gasteiger partial charge in [0.05, 0.1) is 11.5 Å². The van der Waals surface area contributed by atoms with Gasteiger partial charge in [0.2, 0.25) is 0 Å². The number of aromatic amines is 1. The van der Waals surface area contributed by atoms with Crippen molar-refractivity contribution in [1.29, 1.82) is 0 Å². The Hall–Kier alpha value is -2.67. The second kappa shape index (κ2) is 7.15. The van der Waals surface area contributed by atoms with Crippen LogP contribution in [-0.2, 0) is 4.79 Å². The third kappa shape index (κ3) is 3.12. The third-order valence-corrected chi connectivity index (χ3v) is 5.66. The Morgan fingerprint density at radius 2 is 2.11 bits per heavy atom. The summed E-state index contributed by atoms with van der Waals surface area (Å²) in [6.07, 6.45) is 3.53. The van der Waals surface area contributed by atoms with Crippen LogP contribution >= 0.6 is 11.8 Å². The number of nitrogens with zero attached hydrogens (tertiary/aromatic N) is 1. The van der Waals surface area contributed by atoms with Crippen molar-refractivity contribution in [3.8, 4) is 0 Å². The van der Waals surface area contributed by atoms with E-state index in [0.717, 1.165) is 12.1 Å². The normalized spacial score (nSPS) is 18.6. The number of Topliss-reactive ketones (excluding diaryl/α,β-unsaturated/α-hetero) is 1. The number of H-pyrrole nitrogens is 1. The Bertz CT molecular complexity index is 1030. The average Bonchev–Trinajstić information content (AvgIpc) is 2.65. The van der Waals surface area contributed by atoms with Crippen molar-refractivity contribution >= 4 is 23.4 Å². The van der Waals surface area contributed by atoms with Crippen LogP contribution in [0.15, 0.2) is 58.1 Å². The molecule has 7 heteroatoms. The first-order valence-electron chi connectivity index (χ1n) is 8.75. The van der Waals surface area contributed by atoms with Crippen LogP contribution in [0, 0.1) is 5.82 Å². The minimum absolute atomic E-state index is 0.0489. The summed E-state index contributed by atoms with van der Waals surface area (Å²) in [6.45, 7) is 3.67. The van der Waals surface area contributed by atoms with Crippen LogP contribution in [0.1, 0.15) is 36.3 Å². The third-order valence-electron chi connectivity index (χ3n) is 4.79. The van der Waals surface area contributed by atoms with Gasteiger partial charge in [0, 0.05) is 29.0 Å². The quantitative estimate of drug-likeness (QED) is 0.478. The highest BCUT2D eigenvalue weighted by Crippen LogP contribution is 2.44. The van der Waals surface area contributed by atoms with Gasteiger partial charge in [-0.15, -0.1) is 6.58 Å². The Labute approximate surface area is 159 Å². The molecule has 1 aromatic carbocycles. The maximum atomic E-state index is 14.6. The standard InChI is InChI=1S/C20H18FN3O2S/c1-2-10-27-20-23-18-17(19(26)24-20)15(11-6-3-4-7-12(11)21)16-13(22-18)8-5-9-14(16)25/h2-4,6-7,15H,1,5,8-10H2,(H2,22,23,24,26). The zero-order chi connectivity index (χ0) is 19.0. The lowest BCUT2D eigenvalue weighted by molar-refractivity contribution is -0.116. The monoisotopic (exact) mass is 383 g/mol. The number of ketones is 1. The number of allylic oxidation sites excluding steroid dienone is 2. The molecule has 0 spiro atoms. The van der Waals surface area contributed by atoms with Gasteiger partial charge < -0.3 is 10.3 Å². The predicted molar refractivity (Wildman–Crippen MR) is 104 cm³/mol. The molecule has 2 heterocycles. The van der Waals surface area contributed by atoms with Crippen LogP contribution in [-0.4, -0.2) is 21.5 Å². The molecule has 2 aromatic rings. The summed E-state index contributed by atoms with van der Waals surface area (Å²) in [4.78, 5) is 32.8. The minimum Gasteiger partial charge on any atom is -0.343 e. The number of hydrogen-bond acceptors (Lipinski definition) is 5. The van der Waals surface area contributed by atoms with Gasteiger partial charge in [-0.1, -0.05) is 36.0 Å². The van der Waals surface area contributed by atoms with E-state index in [1.807, 2.05) is 0 Å². The Morgan fingerprint density at radius 1 is 1.30 bits per heavy atom. The second-order valence-corrected chi connectivity index (χ2v) is 7.49. The van der Waals surface area contributed by atoms with E-state index in [-0.39, 0.29) is 16.9 Å². The smallest absolute Gasteiger partial charge is 0.257 e. The molecule has 27 heavy (non-hydrogen) atoms. The molecule has 0 saturated carbocycles. The first-order valence-corrected chi connectivity index (χ1v) is 9.74. The summed E-state index contributed by atoms with van der Waals surface area (Å²) in [5.74, 6) is -0.241. The average molecular weight is 383 g/mol. The van der Waals surface area contributed by atoms with Crippen LogP contribution in [0.3, 0.4) is 0 Å². The van der Waals surface area contributed by atoms with Gasteiger partial charge in [-0.2, -0.15) is 0 Å². The van der Waals surface area contributed by atoms with Gasteiger partial charge in [0.15, 0.2) is 10.9 Å². The van der Waals surface area contributed by atoms with Crippen molar-refractivity contribution in [2.24, 2.45) is 0 Å². The van der Waals surface area contributed by atoms with Crippen LogP contribution in [0.25, 0.3) is 0 Å². The molecule has 2 aliphatic rings. The topological polar surface area (TPSA) is 74.8 Å². The first-order chi connectivity index (χ1) is 13.1. The summed E-state index contributed by atoms with van der Waals surface area (Å²) in [6, 6.07) is 6.28. The predicted octanol–water partition coefficient (Wildman–Crippen LogP) is 3.75. The van der Waals surface area contributed by atoms with Crippen molar-refractivity contribution in [2.45, 2.75) is 30.3 Å². The second-order valence-electron chi connectivity index (χ2n) is 6.48. The van der Waals surface area contributed by atoms with E-state index in [1.165, 1.54) is 17.8 Å². The molecule has 1 unspecified atom stereocenters. The van der Waals surface area contributed by atoms with E-state index in [4.69, 9.17) is 0 Å². The van der Waals surface area contributed by atoms with Gasteiger partial charge in [-0.05, 0) is 18.9 Å². The SMILES string of the molecule is C=CCSc1nc2c(c(=O)[nH]1)C(c1ccccc1F)C1=C(CCCC1=O)N2. The number of halogens is 1. The number of benzene rings is 1. The van der Waals surface area contributed by atoms with Crippen LogP contribution in [0.4, 0.5) is 10.2 Å². The summed E-state index contributed by atoms with van der Waals surface area (Å²) in [5.41, 5.74) is 1.47. The van der Waals surface area contributed by atoms with Crippen LogP contribution in [0.5, 0.6) is 0 Å². The molecule has 0 fully saturated rings. The number of hydrogen-bond donors (Lipinski definition) is 2. The van der Waals surface area contributed by atoms with E-state index in [0.29, 0.717) is 40.7 Å². The molecule has 0 amide bonds. The molecule has 5 nitrogen and oxygen atoms in total. The zero-order valence-corrected chi connectivity index (χ0v) is 15.4. The fourth-order valence-corrected chi connectivity index (χ4v) is 4.26. The molecule has 0 bridgehead atoms. The number of aromatic nitrogens is 2. The summed E-state index contributed by atoms with van der Waals surface area (Å²) >= 11 is 1.36. The number of thioether (sulfide) groups is 1. The number of nitrogens with one attached hydrogen (secondary N) is 2. The molecule has 1 aliphatic carbocycles. The number of rotatable bonds is 4. The molecule has 1 atom stereocenters. The number of fused-ring (bicyclic) bond motifs is 1. The van der Waals surface area contributed by atoms with E-state index in [1.54, 1.807) is 24.3 Å². The summed E-state index contributed by atoms with van der Waals surface area (Å²) in [5, 5.41) is 3.63. The fraction of sp³-hybridized carbons (Fsp3) is 0.250. The van der Waals surface area contributed by atoms with Crippen LogP contribution < -0.4 is 10.9 Å². The lowest BCUT2D eigenvalue weighted by atomic mass is 9.76. The molecule has 2 N–H and O–H groups in total. The molecule has 1 aromatic heterocycles. The Kier molecular flexibility index (Phi) is 4.70. The van der Waals surface area contributed by atoms with Crippen molar-refractivity contribution in [1.82, 2.24) is 9.97 Å². The van der Waals surface area contributed by atoms with E-state index in [2.05, 4.69) is 21.9 Å². The van der Waals surface area contributed by atoms with E-state index >= 15 is 0 Å². The van der Waals surface area contributed by atoms with E-state index < -0.39 is 11.7 Å². The maximum Gasteiger partial charge on any atom is 0.257 e. The van der Waals surface area contributed by atoms with Crippen molar-refractivity contribution in [3.05, 3.63) is 75.5 Å². The number of anilines is 1. The maximum absolute atomic E-state index is 14.6. The number of carbonyl (C=O) groups excluding carboxylic acids is 1. The highest BCUT2D eigenvalue weighted by atomic mass is 32.2. The molecule has 138 valence electrons. The van der Waals surface area contributed by atoms with Crippen molar-refractivity contribution in [2.75, 3.05) is 11.1 Å². The lowest BCUT2D eigenvalue weighted by Gasteiger charge is -2.32. The largest absolute Gasteiger partial charge is 0.343 e. The highest BCUT2D eigenvalue weighted by molar-refractivity contribution is 7.99.